The van der Waals surface area contributed by atoms with Crippen molar-refractivity contribution in [1.29, 1.82) is 0 Å². The summed E-state index contributed by atoms with van der Waals surface area (Å²) in [5.41, 5.74) is -0.0259. The zero-order valence-corrected chi connectivity index (χ0v) is 13.3. The molecule has 0 atom stereocenters. The van der Waals surface area contributed by atoms with Crippen LogP contribution in [-0.4, -0.2) is 60.9 Å². The van der Waals surface area contributed by atoms with Gasteiger partial charge in [0, 0.05) is 44.2 Å². The fourth-order valence-corrected chi connectivity index (χ4v) is 3.03. The number of hydrogen-bond acceptors (Lipinski definition) is 7. The van der Waals surface area contributed by atoms with Crippen LogP contribution >= 0.6 is 0 Å². The molecule has 2 heterocycles. The number of likely N-dealkylation sites (tertiary alicyclic amines) is 1. The summed E-state index contributed by atoms with van der Waals surface area (Å²) in [5.74, 6) is 0.457. The summed E-state index contributed by atoms with van der Waals surface area (Å²) in [6.07, 6.45) is 4.37. The zero-order valence-electron chi connectivity index (χ0n) is 12.4. The highest BCUT2D eigenvalue weighted by molar-refractivity contribution is 7.90. The summed E-state index contributed by atoms with van der Waals surface area (Å²) < 4.78 is 22.3. The lowest BCUT2D eigenvalue weighted by molar-refractivity contribution is -0.384. The van der Waals surface area contributed by atoms with Gasteiger partial charge in [0.1, 0.15) is 9.84 Å². The molecule has 2 rings (SSSR count). The van der Waals surface area contributed by atoms with E-state index in [1.807, 2.05) is 0 Å². The maximum absolute atomic E-state index is 11.2. The normalized spacial score (nSPS) is 17.3. The van der Waals surface area contributed by atoms with Crippen LogP contribution in [0.4, 0.5) is 11.5 Å². The minimum atomic E-state index is -2.94. The van der Waals surface area contributed by atoms with Gasteiger partial charge in [0.15, 0.2) is 0 Å². The first-order valence-electron chi connectivity index (χ1n) is 7.11. The second-order valence-corrected chi connectivity index (χ2v) is 7.78. The van der Waals surface area contributed by atoms with E-state index in [4.69, 9.17) is 0 Å². The molecular weight excluding hydrogens is 308 g/mol. The van der Waals surface area contributed by atoms with Crippen LogP contribution in [0.2, 0.25) is 0 Å². The second-order valence-electron chi connectivity index (χ2n) is 5.52. The number of anilines is 1. The maximum atomic E-state index is 11.2. The number of nitrogens with zero attached hydrogens (tertiary/aromatic N) is 3. The summed E-state index contributed by atoms with van der Waals surface area (Å²) >= 11 is 0. The molecule has 9 heteroatoms. The fourth-order valence-electron chi connectivity index (χ4n) is 2.44. The van der Waals surface area contributed by atoms with E-state index in [-0.39, 0.29) is 17.5 Å². The van der Waals surface area contributed by atoms with Gasteiger partial charge in [-0.05, 0) is 18.9 Å². The van der Waals surface area contributed by atoms with Gasteiger partial charge in [0.2, 0.25) is 5.82 Å². The smallest absolute Gasteiger partial charge is 0.311 e. The van der Waals surface area contributed by atoms with E-state index in [9.17, 15) is 18.5 Å². The second kappa shape index (κ2) is 7.01. The van der Waals surface area contributed by atoms with Crippen molar-refractivity contribution in [3.8, 4) is 0 Å². The molecule has 1 aliphatic heterocycles. The van der Waals surface area contributed by atoms with Gasteiger partial charge in [-0.2, -0.15) is 0 Å². The van der Waals surface area contributed by atoms with Gasteiger partial charge in [0.05, 0.1) is 10.7 Å². The predicted molar refractivity (Wildman–Crippen MR) is 83.7 cm³/mol. The molecule has 0 unspecified atom stereocenters. The molecule has 1 fully saturated rings. The van der Waals surface area contributed by atoms with E-state index in [0.717, 1.165) is 25.9 Å². The minimum absolute atomic E-state index is 0.0259. The van der Waals surface area contributed by atoms with Crippen molar-refractivity contribution in [2.24, 2.45) is 0 Å². The molecule has 0 spiro atoms. The number of aromatic nitrogens is 1. The van der Waals surface area contributed by atoms with Crippen molar-refractivity contribution in [2.45, 2.75) is 18.9 Å². The van der Waals surface area contributed by atoms with E-state index in [1.165, 1.54) is 24.6 Å². The lowest BCUT2D eigenvalue weighted by Gasteiger charge is -2.32. The first-order chi connectivity index (χ1) is 10.3. The van der Waals surface area contributed by atoms with Gasteiger partial charge < -0.3 is 10.2 Å². The van der Waals surface area contributed by atoms with Gasteiger partial charge >= 0.3 is 5.69 Å². The van der Waals surface area contributed by atoms with Crippen LogP contribution in [0, 0.1) is 10.1 Å². The van der Waals surface area contributed by atoms with Crippen molar-refractivity contribution in [1.82, 2.24) is 9.88 Å². The molecule has 1 aromatic rings. The molecule has 0 radical (unpaired) electrons. The van der Waals surface area contributed by atoms with Crippen molar-refractivity contribution >= 4 is 21.3 Å². The molecule has 122 valence electrons. The van der Waals surface area contributed by atoms with Crippen LogP contribution in [0.3, 0.4) is 0 Å². The highest BCUT2D eigenvalue weighted by atomic mass is 32.2. The number of piperidine rings is 1. The standard InChI is InChI=1S/C13H20N4O4S/c1-22(20,21)10-9-16-7-4-11(5-8-16)15-13-12(17(18)19)3-2-6-14-13/h2-3,6,11H,4-5,7-10H2,1H3,(H,14,15). The number of nitro groups is 1. The number of pyridine rings is 1. The molecule has 0 saturated carbocycles. The molecule has 0 aromatic carbocycles. The summed E-state index contributed by atoms with van der Waals surface area (Å²) in [7, 11) is -2.94. The Bertz CT molecular complexity index is 627. The Balaban J connectivity index is 1.87. The van der Waals surface area contributed by atoms with Gasteiger partial charge in [-0.25, -0.2) is 13.4 Å². The third kappa shape index (κ3) is 4.92. The van der Waals surface area contributed by atoms with E-state index < -0.39 is 14.8 Å². The van der Waals surface area contributed by atoms with Crippen LogP contribution in [0.5, 0.6) is 0 Å². The van der Waals surface area contributed by atoms with Crippen LogP contribution in [0.25, 0.3) is 0 Å². The van der Waals surface area contributed by atoms with Gasteiger partial charge in [0.25, 0.3) is 0 Å². The lowest BCUT2D eigenvalue weighted by Crippen LogP contribution is -2.41. The van der Waals surface area contributed by atoms with Crippen molar-refractivity contribution in [3.05, 3.63) is 28.4 Å². The summed E-state index contributed by atoms with van der Waals surface area (Å²) in [5, 5.41) is 14.1. The topological polar surface area (TPSA) is 105 Å². The van der Waals surface area contributed by atoms with E-state index >= 15 is 0 Å². The Morgan fingerprint density at radius 3 is 2.73 bits per heavy atom. The van der Waals surface area contributed by atoms with Crippen LogP contribution in [0.15, 0.2) is 18.3 Å². The molecule has 0 aliphatic carbocycles. The average Bonchev–Trinajstić information content (AvgIpc) is 2.46. The molecule has 0 amide bonds. The third-order valence-corrected chi connectivity index (χ3v) is 4.61. The molecule has 1 aromatic heterocycles. The third-order valence-electron chi connectivity index (χ3n) is 3.69. The Kier molecular flexibility index (Phi) is 5.30. The first-order valence-corrected chi connectivity index (χ1v) is 9.17. The van der Waals surface area contributed by atoms with Crippen LogP contribution < -0.4 is 5.32 Å². The molecule has 1 saturated heterocycles. The molecule has 22 heavy (non-hydrogen) atoms. The van der Waals surface area contributed by atoms with Gasteiger partial charge in [-0.1, -0.05) is 0 Å². The highest BCUT2D eigenvalue weighted by Gasteiger charge is 2.23. The van der Waals surface area contributed by atoms with Crippen molar-refractivity contribution in [3.63, 3.8) is 0 Å². The number of nitrogens with one attached hydrogen (secondary N) is 1. The maximum Gasteiger partial charge on any atom is 0.311 e. The molecule has 8 nitrogen and oxygen atoms in total. The summed E-state index contributed by atoms with van der Waals surface area (Å²) in [4.78, 5) is 16.6. The predicted octanol–water partition coefficient (Wildman–Crippen LogP) is 0.911. The van der Waals surface area contributed by atoms with E-state index in [1.54, 1.807) is 0 Å². The van der Waals surface area contributed by atoms with E-state index in [2.05, 4.69) is 15.2 Å². The molecule has 1 aliphatic rings. The number of rotatable bonds is 6. The fraction of sp³-hybridized carbons (Fsp3) is 0.615. The van der Waals surface area contributed by atoms with E-state index in [0.29, 0.717) is 12.4 Å². The van der Waals surface area contributed by atoms with Gasteiger partial charge in [-0.15, -0.1) is 0 Å². The largest absolute Gasteiger partial charge is 0.362 e. The molecule has 0 bridgehead atoms. The number of hydrogen-bond donors (Lipinski definition) is 1. The average molecular weight is 328 g/mol. The van der Waals surface area contributed by atoms with Crippen LogP contribution in [-0.2, 0) is 9.84 Å². The summed E-state index contributed by atoms with van der Waals surface area (Å²) in [6, 6.07) is 3.08. The minimum Gasteiger partial charge on any atom is -0.362 e. The highest BCUT2D eigenvalue weighted by Crippen LogP contribution is 2.23. The van der Waals surface area contributed by atoms with Gasteiger partial charge in [-0.3, -0.25) is 10.1 Å². The Morgan fingerprint density at radius 2 is 2.14 bits per heavy atom. The van der Waals surface area contributed by atoms with Crippen molar-refractivity contribution in [2.75, 3.05) is 37.0 Å². The Morgan fingerprint density at radius 1 is 1.45 bits per heavy atom. The first kappa shape index (κ1) is 16.6. The van der Waals surface area contributed by atoms with Crippen LogP contribution in [0.1, 0.15) is 12.8 Å². The zero-order chi connectivity index (χ0) is 16.2. The lowest BCUT2D eigenvalue weighted by atomic mass is 10.1. The molecule has 1 N–H and O–H groups in total. The van der Waals surface area contributed by atoms with Crippen molar-refractivity contribution < 1.29 is 13.3 Å². The quantitative estimate of drug-likeness (QED) is 0.611. The Hall–Kier alpha value is -1.74. The molecular formula is C13H20N4O4S. The monoisotopic (exact) mass is 328 g/mol. The Labute approximate surface area is 129 Å². The summed E-state index contributed by atoms with van der Waals surface area (Å²) in [6.45, 7) is 2.08. The SMILES string of the molecule is CS(=O)(=O)CCN1CCC(Nc2ncccc2[N+](=O)[O-])CC1. The number of sulfone groups is 1.